The molecule has 6 unspecified atom stereocenters. The zero-order valence-corrected chi connectivity index (χ0v) is 36.8. The van der Waals surface area contributed by atoms with Gasteiger partial charge in [-0.1, -0.05) is 138 Å². The number of hydrogen-bond donors (Lipinski definition) is 4. The molecule has 1 heterocycles. The van der Waals surface area contributed by atoms with Crippen LogP contribution in [-0.4, -0.2) is 97.5 Å². The smallest absolute Gasteiger partial charge is 0.397 e. The Kier molecular flexibility index (Phi) is 34.5. The maximum Gasteiger partial charge on any atom is 0.397 e. The molecule has 1 rings (SSSR count). The number of carbonyl (C=O) groups excluding carboxylic acids is 1. The van der Waals surface area contributed by atoms with E-state index in [1.807, 2.05) is 0 Å². The van der Waals surface area contributed by atoms with Crippen molar-refractivity contribution >= 4 is 16.4 Å². The molecule has 340 valence electrons. The molecule has 0 radical (unpaired) electrons. The molecule has 1 aliphatic heterocycles. The van der Waals surface area contributed by atoms with Gasteiger partial charge in [0.15, 0.2) is 6.29 Å². The van der Waals surface area contributed by atoms with Gasteiger partial charge in [-0.25, -0.2) is 4.18 Å². The van der Waals surface area contributed by atoms with E-state index in [4.69, 9.17) is 23.5 Å². The maximum atomic E-state index is 12.8. The average molecular weight is 855 g/mol. The van der Waals surface area contributed by atoms with Gasteiger partial charge < -0.3 is 34.3 Å². The van der Waals surface area contributed by atoms with Crippen LogP contribution in [0.1, 0.15) is 149 Å². The van der Waals surface area contributed by atoms with Crippen molar-refractivity contribution in [3.63, 3.8) is 0 Å². The Morgan fingerprint density at radius 2 is 1.17 bits per heavy atom. The molecule has 0 saturated carbocycles. The van der Waals surface area contributed by atoms with E-state index in [1.165, 1.54) is 6.42 Å². The van der Waals surface area contributed by atoms with Crippen molar-refractivity contribution in [3.8, 4) is 0 Å². The van der Waals surface area contributed by atoms with Crippen molar-refractivity contribution in [2.45, 2.75) is 185 Å². The molecule has 13 heteroatoms. The van der Waals surface area contributed by atoms with Gasteiger partial charge in [-0.3, -0.25) is 9.35 Å². The van der Waals surface area contributed by atoms with E-state index in [9.17, 15) is 28.5 Å². The Morgan fingerprint density at radius 3 is 1.73 bits per heavy atom. The Balaban J connectivity index is 2.40. The SMILES string of the molecule is CC/C=C\C/C=C\C/C=C\C/C=C\C/C=C\CCCCCCCCOCC(COC1OC(CO)C(O)C(OS(=O)(=O)O)C1O)OC(=O)CCCCCCC/C=C\CCC. The van der Waals surface area contributed by atoms with E-state index in [2.05, 4.69) is 90.9 Å². The molecule has 0 bridgehead atoms. The van der Waals surface area contributed by atoms with Crippen LogP contribution in [0.2, 0.25) is 0 Å². The predicted octanol–water partition coefficient (Wildman–Crippen LogP) is 9.13. The van der Waals surface area contributed by atoms with Gasteiger partial charge in [0, 0.05) is 13.0 Å². The number of hydrogen-bond acceptors (Lipinski definition) is 11. The zero-order chi connectivity index (χ0) is 43.2. The third-order valence-corrected chi connectivity index (χ3v) is 10.0. The number of ether oxygens (including phenoxy) is 4. The van der Waals surface area contributed by atoms with Crippen LogP contribution < -0.4 is 0 Å². The highest BCUT2D eigenvalue weighted by Crippen LogP contribution is 2.26. The standard InChI is InChI=1S/C46H78O12S/c1-3-5-7-9-11-13-15-16-17-18-19-20-21-22-23-24-25-26-28-30-32-34-36-54-38-40(56-42(48)35-33-31-29-27-14-12-10-8-6-4-2)39-55-46-44(50)45(58-59(51,52)53)43(49)41(37-47)57-46/h5,7-8,10-11,13,16-17,19-20,22-23,40-41,43-47,49-50H,3-4,6,9,12,14-15,18,21,24-39H2,1-2H3,(H,51,52,53)/b7-5-,10-8-,13-11-,17-16-,20-19-,23-22-. The highest BCUT2D eigenvalue weighted by Gasteiger charge is 2.48. The molecule has 0 aromatic rings. The number of aliphatic hydroxyl groups is 3. The molecule has 12 nitrogen and oxygen atoms in total. The number of rotatable bonds is 37. The molecular weight excluding hydrogens is 777 g/mol. The summed E-state index contributed by atoms with van der Waals surface area (Å²) >= 11 is 0. The summed E-state index contributed by atoms with van der Waals surface area (Å²) in [5, 5.41) is 30.6. The quantitative estimate of drug-likeness (QED) is 0.0202. The molecule has 6 atom stereocenters. The molecule has 1 fully saturated rings. The minimum atomic E-state index is -5.07. The topological polar surface area (TPSA) is 178 Å². The molecule has 0 aromatic heterocycles. The second kappa shape index (κ2) is 37.3. The van der Waals surface area contributed by atoms with Gasteiger partial charge in [0.25, 0.3) is 0 Å². The third-order valence-electron chi connectivity index (χ3n) is 9.54. The van der Waals surface area contributed by atoms with E-state index < -0.39 is 59.8 Å². The van der Waals surface area contributed by atoms with Crippen LogP contribution in [0, 0.1) is 0 Å². The molecule has 4 N–H and O–H groups in total. The van der Waals surface area contributed by atoms with E-state index in [1.54, 1.807) is 0 Å². The van der Waals surface area contributed by atoms with Crippen LogP contribution in [0.25, 0.3) is 0 Å². The lowest BCUT2D eigenvalue weighted by Crippen LogP contribution is -2.60. The Bertz CT molecular complexity index is 1310. The van der Waals surface area contributed by atoms with Crippen molar-refractivity contribution in [1.29, 1.82) is 0 Å². The minimum absolute atomic E-state index is 0.0182. The number of esters is 1. The summed E-state index contributed by atoms with van der Waals surface area (Å²) in [6, 6.07) is 0. The summed E-state index contributed by atoms with van der Waals surface area (Å²) in [5.41, 5.74) is 0. The second-order valence-electron chi connectivity index (χ2n) is 14.9. The van der Waals surface area contributed by atoms with Crippen LogP contribution in [0.5, 0.6) is 0 Å². The molecule has 0 aliphatic carbocycles. The summed E-state index contributed by atoms with van der Waals surface area (Å²) in [4.78, 5) is 12.8. The molecule has 0 amide bonds. The summed E-state index contributed by atoms with van der Waals surface area (Å²) < 4.78 is 58.9. The molecule has 59 heavy (non-hydrogen) atoms. The number of allylic oxidation sites excluding steroid dienone is 12. The first-order valence-electron chi connectivity index (χ1n) is 22.2. The monoisotopic (exact) mass is 855 g/mol. The van der Waals surface area contributed by atoms with E-state index in [-0.39, 0.29) is 19.6 Å². The predicted molar refractivity (Wildman–Crippen MR) is 234 cm³/mol. The van der Waals surface area contributed by atoms with Gasteiger partial charge in [-0.15, -0.1) is 0 Å². The van der Waals surface area contributed by atoms with Gasteiger partial charge in [-0.2, -0.15) is 8.42 Å². The van der Waals surface area contributed by atoms with Crippen molar-refractivity contribution in [2.24, 2.45) is 0 Å². The van der Waals surface area contributed by atoms with Crippen LogP contribution >= 0.6 is 0 Å². The Hall–Kier alpha value is -2.46. The lowest BCUT2D eigenvalue weighted by molar-refractivity contribution is -0.301. The lowest BCUT2D eigenvalue weighted by atomic mass is 9.99. The summed E-state index contributed by atoms with van der Waals surface area (Å²) in [7, 11) is -5.07. The fourth-order valence-corrected chi connectivity index (χ4v) is 6.74. The molecular formula is C46H78O12S. The first-order valence-corrected chi connectivity index (χ1v) is 23.6. The lowest BCUT2D eigenvalue weighted by Gasteiger charge is -2.41. The van der Waals surface area contributed by atoms with Gasteiger partial charge in [0.1, 0.15) is 30.5 Å². The van der Waals surface area contributed by atoms with Crippen molar-refractivity contribution < 1.29 is 56.2 Å². The summed E-state index contributed by atoms with van der Waals surface area (Å²) in [6.07, 6.45) is 38.0. The fraction of sp³-hybridized carbons (Fsp3) is 0.717. The second-order valence-corrected chi connectivity index (χ2v) is 15.9. The summed E-state index contributed by atoms with van der Waals surface area (Å²) in [6.45, 7) is 3.74. The van der Waals surface area contributed by atoms with Gasteiger partial charge in [-0.05, 0) is 77.0 Å². The van der Waals surface area contributed by atoms with Crippen LogP contribution in [0.15, 0.2) is 72.9 Å². The number of unbranched alkanes of at least 4 members (excludes halogenated alkanes) is 12. The molecule has 0 spiro atoms. The molecule has 1 aliphatic rings. The van der Waals surface area contributed by atoms with Crippen LogP contribution in [0.4, 0.5) is 0 Å². The Labute approximate surface area is 356 Å². The first kappa shape index (κ1) is 54.6. The summed E-state index contributed by atoms with van der Waals surface area (Å²) in [5.74, 6) is -0.421. The highest BCUT2D eigenvalue weighted by atomic mass is 32.3. The van der Waals surface area contributed by atoms with Crippen LogP contribution in [-0.2, 0) is 38.3 Å². The average Bonchev–Trinajstić information content (AvgIpc) is 3.20. The largest absolute Gasteiger partial charge is 0.457 e. The normalized spacial score (nSPS) is 21.1. The Morgan fingerprint density at radius 1 is 0.661 bits per heavy atom. The van der Waals surface area contributed by atoms with Crippen LogP contribution in [0.3, 0.4) is 0 Å². The minimum Gasteiger partial charge on any atom is -0.457 e. The van der Waals surface area contributed by atoms with Gasteiger partial charge in [0.2, 0.25) is 0 Å². The molecule has 0 aromatic carbocycles. The van der Waals surface area contributed by atoms with Gasteiger partial charge >= 0.3 is 16.4 Å². The third kappa shape index (κ3) is 31.1. The van der Waals surface area contributed by atoms with Crippen molar-refractivity contribution in [3.05, 3.63) is 72.9 Å². The highest BCUT2D eigenvalue weighted by molar-refractivity contribution is 7.80. The van der Waals surface area contributed by atoms with E-state index in [0.717, 1.165) is 116 Å². The van der Waals surface area contributed by atoms with Gasteiger partial charge in [0.05, 0.1) is 19.8 Å². The first-order chi connectivity index (χ1) is 28.6. The maximum absolute atomic E-state index is 12.8. The van der Waals surface area contributed by atoms with Crippen molar-refractivity contribution in [1.82, 2.24) is 0 Å². The fourth-order valence-electron chi connectivity index (χ4n) is 6.23. The zero-order valence-electron chi connectivity index (χ0n) is 36.0. The van der Waals surface area contributed by atoms with E-state index >= 15 is 0 Å². The number of aliphatic hydroxyl groups excluding tert-OH is 3. The number of carbonyl (C=O) groups is 1. The van der Waals surface area contributed by atoms with E-state index in [0.29, 0.717) is 13.0 Å². The molecule has 1 saturated heterocycles. The van der Waals surface area contributed by atoms with Crippen molar-refractivity contribution in [2.75, 3.05) is 26.4 Å².